The van der Waals surface area contributed by atoms with Crippen LogP contribution >= 0.6 is 0 Å². The van der Waals surface area contributed by atoms with E-state index in [1.807, 2.05) is 29.2 Å². The van der Waals surface area contributed by atoms with Crippen LogP contribution in [0, 0.1) is 23.7 Å². The Bertz CT molecular complexity index is 884. The van der Waals surface area contributed by atoms with E-state index in [1.165, 1.54) is 0 Å². The molecule has 2 aromatic rings. The van der Waals surface area contributed by atoms with Gasteiger partial charge in [0, 0.05) is 49.5 Å². The van der Waals surface area contributed by atoms with Crippen molar-refractivity contribution in [1.29, 1.82) is 0 Å². The summed E-state index contributed by atoms with van der Waals surface area (Å²) in [5.74, 6) is 12.8. The molecule has 0 atom stereocenters. The third-order valence-corrected chi connectivity index (χ3v) is 4.39. The molecule has 0 N–H and O–H groups in total. The normalized spacial score (nSPS) is 13.3. The highest BCUT2D eigenvalue weighted by molar-refractivity contribution is 5.76. The number of likely N-dealkylation sites (tertiary alicyclic amines) is 1. The number of unbranched alkanes of at least 4 members (excludes halogenated alkanes) is 2. The van der Waals surface area contributed by atoms with Gasteiger partial charge in [-0.15, -0.1) is 0 Å². The predicted octanol–water partition coefficient (Wildman–Crippen LogP) is 3.41. The number of carbonyl (C=O) groups excluding carboxylic acids is 1. The minimum Gasteiger partial charge on any atom is -0.343 e. The van der Waals surface area contributed by atoms with Gasteiger partial charge < -0.3 is 4.90 Å². The Morgan fingerprint density at radius 1 is 1.04 bits per heavy atom. The highest BCUT2D eigenvalue weighted by Crippen LogP contribution is 2.11. The minimum absolute atomic E-state index is 0.312. The Hall–Kier alpha value is -3.11. The highest BCUT2D eigenvalue weighted by Gasteiger charge is 2.16. The van der Waals surface area contributed by atoms with Gasteiger partial charge in [0.05, 0.1) is 6.20 Å². The van der Waals surface area contributed by atoms with Crippen LogP contribution in [0.1, 0.15) is 55.3 Å². The van der Waals surface area contributed by atoms with Crippen molar-refractivity contribution in [3.8, 4) is 23.7 Å². The second kappa shape index (κ2) is 10.1. The van der Waals surface area contributed by atoms with Crippen molar-refractivity contribution in [3.63, 3.8) is 0 Å². The fraction of sp³-hybridized carbons (Fsp3) is 0.348. The summed E-state index contributed by atoms with van der Waals surface area (Å²) in [5.41, 5.74) is 2.53. The molecule has 1 saturated heterocycles. The van der Waals surface area contributed by atoms with Gasteiger partial charge in [-0.3, -0.25) is 9.78 Å². The first-order valence-corrected chi connectivity index (χ1v) is 9.46. The summed E-state index contributed by atoms with van der Waals surface area (Å²) in [6.45, 7) is 1.79. The molecule has 1 aliphatic heterocycles. The van der Waals surface area contributed by atoms with Crippen molar-refractivity contribution >= 4 is 5.91 Å². The third kappa shape index (κ3) is 6.28. The molecule has 0 unspecified atom stereocenters. The SMILES string of the molecule is O=C1CCCCN1CCCCC#Cc1cccc(C#Cc2cnccn2)c1. The van der Waals surface area contributed by atoms with Gasteiger partial charge in [-0.1, -0.05) is 23.8 Å². The fourth-order valence-electron chi connectivity index (χ4n) is 2.95. The van der Waals surface area contributed by atoms with Gasteiger partial charge in [0.25, 0.3) is 0 Å². The van der Waals surface area contributed by atoms with Crippen molar-refractivity contribution in [3.05, 3.63) is 59.7 Å². The molecule has 1 aromatic heterocycles. The van der Waals surface area contributed by atoms with Gasteiger partial charge in [-0.2, -0.15) is 0 Å². The lowest BCUT2D eigenvalue weighted by molar-refractivity contribution is -0.133. The molecule has 4 nitrogen and oxygen atoms in total. The van der Waals surface area contributed by atoms with Crippen LogP contribution in [0.25, 0.3) is 0 Å². The molecule has 136 valence electrons. The summed E-state index contributed by atoms with van der Waals surface area (Å²) >= 11 is 0. The average molecular weight is 357 g/mol. The van der Waals surface area contributed by atoms with Gasteiger partial charge in [0.1, 0.15) is 5.69 Å². The Morgan fingerprint density at radius 2 is 1.93 bits per heavy atom. The van der Waals surface area contributed by atoms with Crippen molar-refractivity contribution < 1.29 is 4.79 Å². The molecule has 4 heteroatoms. The van der Waals surface area contributed by atoms with Crippen LogP contribution in [0.4, 0.5) is 0 Å². The smallest absolute Gasteiger partial charge is 0.222 e. The van der Waals surface area contributed by atoms with E-state index in [1.54, 1.807) is 18.6 Å². The van der Waals surface area contributed by atoms with Gasteiger partial charge in [0.15, 0.2) is 0 Å². The van der Waals surface area contributed by atoms with Gasteiger partial charge >= 0.3 is 0 Å². The van der Waals surface area contributed by atoms with E-state index >= 15 is 0 Å². The number of hydrogen-bond donors (Lipinski definition) is 0. The fourth-order valence-corrected chi connectivity index (χ4v) is 2.95. The van der Waals surface area contributed by atoms with Crippen molar-refractivity contribution in [2.45, 2.75) is 38.5 Å². The Kier molecular flexibility index (Phi) is 7.01. The maximum absolute atomic E-state index is 11.8. The first-order chi connectivity index (χ1) is 13.3. The maximum Gasteiger partial charge on any atom is 0.222 e. The summed E-state index contributed by atoms with van der Waals surface area (Å²) in [6, 6.07) is 7.91. The monoisotopic (exact) mass is 357 g/mol. The molecular formula is C23H23N3O. The van der Waals surface area contributed by atoms with Gasteiger partial charge in [-0.25, -0.2) is 4.98 Å². The number of aromatic nitrogens is 2. The number of benzene rings is 1. The lowest BCUT2D eigenvalue weighted by Crippen LogP contribution is -2.35. The third-order valence-electron chi connectivity index (χ3n) is 4.39. The van der Waals surface area contributed by atoms with E-state index in [0.717, 1.165) is 62.7 Å². The van der Waals surface area contributed by atoms with Crippen LogP contribution in [0.2, 0.25) is 0 Å². The number of amides is 1. The number of rotatable bonds is 4. The maximum atomic E-state index is 11.8. The standard InChI is InChI=1S/C23H23N3O/c27-23-11-4-6-17-26(23)16-5-2-1-3-8-20-9-7-10-21(18-20)12-13-22-19-24-14-15-25-22/h7,9-10,14-15,18-19H,1-2,4-6,11,16-17H2. The van der Waals surface area contributed by atoms with Crippen molar-refractivity contribution in [2.75, 3.05) is 13.1 Å². The quantitative estimate of drug-likeness (QED) is 0.622. The van der Waals surface area contributed by atoms with Gasteiger partial charge in [0.2, 0.25) is 5.91 Å². The molecule has 1 aromatic carbocycles. The van der Waals surface area contributed by atoms with Crippen LogP contribution < -0.4 is 0 Å². The summed E-state index contributed by atoms with van der Waals surface area (Å²) in [4.78, 5) is 21.9. The van der Waals surface area contributed by atoms with Crippen LogP contribution in [0.15, 0.2) is 42.9 Å². The second-order valence-corrected chi connectivity index (χ2v) is 6.52. The molecule has 0 saturated carbocycles. The number of nitrogens with zero attached hydrogens (tertiary/aromatic N) is 3. The molecule has 0 spiro atoms. The number of hydrogen-bond acceptors (Lipinski definition) is 3. The van der Waals surface area contributed by atoms with E-state index in [2.05, 4.69) is 33.6 Å². The lowest BCUT2D eigenvalue weighted by Gasteiger charge is -2.26. The first kappa shape index (κ1) is 18.7. The molecule has 0 aliphatic carbocycles. The molecular weight excluding hydrogens is 334 g/mol. The molecule has 27 heavy (non-hydrogen) atoms. The first-order valence-electron chi connectivity index (χ1n) is 9.46. The summed E-state index contributed by atoms with van der Waals surface area (Å²) in [5, 5.41) is 0. The molecule has 2 heterocycles. The number of piperidine rings is 1. The average Bonchev–Trinajstić information content (AvgIpc) is 2.71. The summed E-state index contributed by atoms with van der Waals surface area (Å²) in [6.07, 6.45) is 10.7. The number of carbonyl (C=O) groups is 1. The van der Waals surface area contributed by atoms with Crippen LogP contribution in [-0.4, -0.2) is 33.9 Å². The zero-order chi connectivity index (χ0) is 18.7. The van der Waals surface area contributed by atoms with E-state index in [-0.39, 0.29) is 0 Å². The zero-order valence-corrected chi connectivity index (χ0v) is 15.4. The Balaban J connectivity index is 1.46. The van der Waals surface area contributed by atoms with E-state index in [0.29, 0.717) is 11.6 Å². The molecule has 0 radical (unpaired) electrons. The van der Waals surface area contributed by atoms with E-state index in [4.69, 9.17) is 0 Å². The molecule has 1 fully saturated rings. The molecule has 1 aliphatic rings. The predicted molar refractivity (Wildman–Crippen MR) is 106 cm³/mol. The van der Waals surface area contributed by atoms with E-state index in [9.17, 15) is 4.79 Å². The van der Waals surface area contributed by atoms with Crippen LogP contribution in [0.5, 0.6) is 0 Å². The summed E-state index contributed by atoms with van der Waals surface area (Å²) < 4.78 is 0. The Morgan fingerprint density at radius 3 is 2.74 bits per heavy atom. The largest absolute Gasteiger partial charge is 0.343 e. The topological polar surface area (TPSA) is 46.1 Å². The summed E-state index contributed by atoms with van der Waals surface area (Å²) in [7, 11) is 0. The molecule has 0 bridgehead atoms. The van der Waals surface area contributed by atoms with Gasteiger partial charge in [-0.05, 0) is 49.8 Å². The molecule has 3 rings (SSSR count). The van der Waals surface area contributed by atoms with Crippen LogP contribution in [-0.2, 0) is 4.79 Å². The highest BCUT2D eigenvalue weighted by atomic mass is 16.2. The second-order valence-electron chi connectivity index (χ2n) is 6.52. The van der Waals surface area contributed by atoms with Crippen molar-refractivity contribution in [1.82, 2.24) is 14.9 Å². The van der Waals surface area contributed by atoms with Crippen molar-refractivity contribution in [2.24, 2.45) is 0 Å². The minimum atomic E-state index is 0.312. The van der Waals surface area contributed by atoms with Crippen LogP contribution in [0.3, 0.4) is 0 Å². The Labute approximate surface area is 161 Å². The lowest BCUT2D eigenvalue weighted by atomic mass is 10.1. The van der Waals surface area contributed by atoms with E-state index < -0.39 is 0 Å². The zero-order valence-electron chi connectivity index (χ0n) is 15.4. The molecule has 1 amide bonds.